The zero-order valence-electron chi connectivity index (χ0n) is 13.6. The van der Waals surface area contributed by atoms with Crippen LogP contribution in [0.3, 0.4) is 0 Å². The molecule has 0 spiro atoms. The Labute approximate surface area is 153 Å². The summed E-state index contributed by atoms with van der Waals surface area (Å²) in [5, 5.41) is 2.81. The summed E-state index contributed by atoms with van der Waals surface area (Å²) >= 11 is 5.86. The molecule has 3 rings (SSSR count). The van der Waals surface area contributed by atoms with Crippen LogP contribution in [0.15, 0.2) is 55.1 Å². The van der Waals surface area contributed by atoms with Crippen molar-refractivity contribution in [3.05, 3.63) is 77.3 Å². The number of aromatic nitrogens is 2. The molecule has 26 heavy (non-hydrogen) atoms. The standard InChI is InChI=1S/C18H13ClF2N4O/c1-25(13-8-22-10-23-9-13)17-7-16(14(20)6-15(17)21)24-18(26)11-3-2-4-12(19)5-11/h2-10H,1H3,(H,24,26). The molecule has 0 saturated carbocycles. The molecule has 0 aliphatic heterocycles. The molecule has 0 saturated heterocycles. The maximum absolute atomic E-state index is 14.2. The van der Waals surface area contributed by atoms with Crippen molar-refractivity contribution in [1.82, 2.24) is 9.97 Å². The number of hydrogen-bond acceptors (Lipinski definition) is 4. The molecular formula is C18H13ClF2N4O. The van der Waals surface area contributed by atoms with E-state index in [1.807, 2.05) is 0 Å². The van der Waals surface area contributed by atoms with Gasteiger partial charge >= 0.3 is 0 Å². The lowest BCUT2D eigenvalue weighted by Gasteiger charge is -2.20. The summed E-state index contributed by atoms with van der Waals surface area (Å²) in [4.78, 5) is 21.5. The number of rotatable bonds is 4. The first kappa shape index (κ1) is 17.8. The van der Waals surface area contributed by atoms with E-state index in [1.165, 1.54) is 41.8 Å². The van der Waals surface area contributed by atoms with Crippen molar-refractivity contribution in [3.63, 3.8) is 0 Å². The first-order valence-corrected chi connectivity index (χ1v) is 7.88. The smallest absolute Gasteiger partial charge is 0.255 e. The van der Waals surface area contributed by atoms with Gasteiger partial charge in [0.05, 0.1) is 29.5 Å². The van der Waals surface area contributed by atoms with Crippen LogP contribution in [0.4, 0.5) is 25.8 Å². The van der Waals surface area contributed by atoms with Gasteiger partial charge in [-0.1, -0.05) is 17.7 Å². The van der Waals surface area contributed by atoms with Crippen molar-refractivity contribution in [2.24, 2.45) is 0 Å². The topological polar surface area (TPSA) is 58.1 Å². The average molecular weight is 375 g/mol. The van der Waals surface area contributed by atoms with Crippen molar-refractivity contribution in [2.75, 3.05) is 17.3 Å². The normalized spacial score (nSPS) is 10.5. The molecule has 1 amide bonds. The van der Waals surface area contributed by atoms with E-state index >= 15 is 0 Å². The van der Waals surface area contributed by atoms with Gasteiger partial charge < -0.3 is 10.2 Å². The average Bonchev–Trinajstić information content (AvgIpc) is 2.64. The number of nitrogens with one attached hydrogen (secondary N) is 1. The fraction of sp³-hybridized carbons (Fsp3) is 0.0556. The predicted octanol–water partition coefficient (Wildman–Crippen LogP) is 4.43. The lowest BCUT2D eigenvalue weighted by Crippen LogP contribution is -2.16. The van der Waals surface area contributed by atoms with Crippen molar-refractivity contribution >= 4 is 34.6 Å². The Hall–Kier alpha value is -3.06. The zero-order valence-corrected chi connectivity index (χ0v) is 14.3. The Morgan fingerprint density at radius 1 is 1.12 bits per heavy atom. The Bertz CT molecular complexity index is 953. The van der Waals surface area contributed by atoms with Gasteiger partial charge in [0.2, 0.25) is 0 Å². The largest absolute Gasteiger partial charge is 0.340 e. The monoisotopic (exact) mass is 374 g/mol. The second-order valence-electron chi connectivity index (χ2n) is 5.40. The van der Waals surface area contributed by atoms with Crippen LogP contribution >= 0.6 is 11.6 Å². The van der Waals surface area contributed by atoms with Gasteiger partial charge in [0.25, 0.3) is 5.91 Å². The van der Waals surface area contributed by atoms with Gasteiger partial charge in [0.1, 0.15) is 18.0 Å². The summed E-state index contributed by atoms with van der Waals surface area (Å²) in [6.07, 6.45) is 4.31. The summed E-state index contributed by atoms with van der Waals surface area (Å²) in [6, 6.07) is 8.13. The lowest BCUT2D eigenvalue weighted by molar-refractivity contribution is 0.102. The van der Waals surface area contributed by atoms with Crippen LogP contribution in [0, 0.1) is 11.6 Å². The van der Waals surface area contributed by atoms with E-state index in [4.69, 9.17) is 11.6 Å². The number of benzene rings is 2. The first-order valence-electron chi connectivity index (χ1n) is 7.50. The molecule has 8 heteroatoms. The molecular weight excluding hydrogens is 362 g/mol. The number of carbonyl (C=O) groups is 1. The molecule has 5 nitrogen and oxygen atoms in total. The number of halogens is 3. The zero-order chi connectivity index (χ0) is 18.7. The van der Waals surface area contributed by atoms with Gasteiger partial charge in [-0.25, -0.2) is 18.7 Å². The van der Waals surface area contributed by atoms with Crippen LogP contribution in [0.1, 0.15) is 10.4 Å². The Morgan fingerprint density at radius 2 is 1.85 bits per heavy atom. The van der Waals surface area contributed by atoms with Crippen LogP contribution in [0.25, 0.3) is 0 Å². The molecule has 1 aromatic heterocycles. The molecule has 3 aromatic rings. The maximum Gasteiger partial charge on any atom is 0.255 e. The molecule has 0 fully saturated rings. The maximum atomic E-state index is 14.2. The molecule has 0 atom stereocenters. The van der Waals surface area contributed by atoms with E-state index in [0.717, 1.165) is 0 Å². The van der Waals surface area contributed by atoms with E-state index in [2.05, 4.69) is 15.3 Å². The quantitative estimate of drug-likeness (QED) is 0.734. The predicted molar refractivity (Wildman–Crippen MR) is 95.9 cm³/mol. The minimum Gasteiger partial charge on any atom is -0.340 e. The highest BCUT2D eigenvalue weighted by atomic mass is 35.5. The number of hydrogen-bond donors (Lipinski definition) is 1. The molecule has 0 aliphatic rings. The van der Waals surface area contributed by atoms with E-state index in [9.17, 15) is 13.6 Å². The summed E-state index contributed by atoms with van der Waals surface area (Å²) < 4.78 is 28.4. The molecule has 132 valence electrons. The summed E-state index contributed by atoms with van der Waals surface area (Å²) in [6.45, 7) is 0. The van der Waals surface area contributed by atoms with E-state index < -0.39 is 17.5 Å². The fourth-order valence-corrected chi connectivity index (χ4v) is 2.51. The van der Waals surface area contributed by atoms with Crippen molar-refractivity contribution < 1.29 is 13.6 Å². The van der Waals surface area contributed by atoms with E-state index in [-0.39, 0.29) is 16.9 Å². The third-order valence-corrected chi connectivity index (χ3v) is 3.90. The highest BCUT2D eigenvalue weighted by molar-refractivity contribution is 6.31. The van der Waals surface area contributed by atoms with Gasteiger partial charge in [0.15, 0.2) is 0 Å². The van der Waals surface area contributed by atoms with Crippen molar-refractivity contribution in [3.8, 4) is 0 Å². The summed E-state index contributed by atoms with van der Waals surface area (Å²) in [7, 11) is 1.58. The Balaban J connectivity index is 1.92. The fourth-order valence-electron chi connectivity index (χ4n) is 2.32. The molecule has 1 heterocycles. The third kappa shape index (κ3) is 3.78. The molecule has 0 bridgehead atoms. The second-order valence-corrected chi connectivity index (χ2v) is 5.84. The second kappa shape index (κ2) is 7.45. The number of amides is 1. The van der Waals surface area contributed by atoms with Crippen LogP contribution in [0.2, 0.25) is 5.02 Å². The number of anilines is 3. The minimum atomic E-state index is -0.890. The summed E-state index contributed by atoms with van der Waals surface area (Å²) in [5.41, 5.74) is 0.662. The highest BCUT2D eigenvalue weighted by Gasteiger charge is 2.17. The van der Waals surface area contributed by atoms with E-state index in [0.29, 0.717) is 16.8 Å². The van der Waals surface area contributed by atoms with Crippen LogP contribution in [0.5, 0.6) is 0 Å². The minimum absolute atomic E-state index is 0.0580. The number of carbonyl (C=O) groups excluding carboxylic acids is 1. The van der Waals surface area contributed by atoms with E-state index in [1.54, 1.807) is 19.2 Å². The third-order valence-electron chi connectivity index (χ3n) is 3.67. The van der Waals surface area contributed by atoms with Crippen molar-refractivity contribution in [2.45, 2.75) is 0 Å². The molecule has 1 N–H and O–H groups in total. The Kier molecular flexibility index (Phi) is 5.09. The SMILES string of the molecule is CN(c1cncnc1)c1cc(NC(=O)c2cccc(Cl)c2)c(F)cc1F. The molecule has 0 unspecified atom stereocenters. The van der Waals surface area contributed by atoms with Gasteiger partial charge in [-0.2, -0.15) is 0 Å². The van der Waals surface area contributed by atoms with Gasteiger partial charge in [0, 0.05) is 23.7 Å². The van der Waals surface area contributed by atoms with Gasteiger partial charge in [-0.15, -0.1) is 0 Å². The summed E-state index contributed by atoms with van der Waals surface area (Å²) in [5.74, 6) is -2.23. The lowest BCUT2D eigenvalue weighted by atomic mass is 10.2. The molecule has 0 aliphatic carbocycles. The first-order chi connectivity index (χ1) is 12.5. The van der Waals surface area contributed by atoms with Crippen LogP contribution in [-0.4, -0.2) is 22.9 Å². The Morgan fingerprint density at radius 3 is 2.54 bits per heavy atom. The van der Waals surface area contributed by atoms with Crippen molar-refractivity contribution in [1.29, 1.82) is 0 Å². The highest BCUT2D eigenvalue weighted by Crippen LogP contribution is 2.30. The molecule has 2 aromatic carbocycles. The number of nitrogens with zero attached hydrogens (tertiary/aromatic N) is 3. The van der Waals surface area contributed by atoms with Gasteiger partial charge in [-0.3, -0.25) is 4.79 Å². The molecule has 0 radical (unpaired) electrons. The van der Waals surface area contributed by atoms with Crippen LogP contribution in [-0.2, 0) is 0 Å². The van der Waals surface area contributed by atoms with Gasteiger partial charge in [-0.05, 0) is 24.3 Å². The van der Waals surface area contributed by atoms with Crippen LogP contribution < -0.4 is 10.2 Å².